The van der Waals surface area contributed by atoms with Gasteiger partial charge in [-0.2, -0.15) is 0 Å². The number of aromatic nitrogens is 5. The average molecular weight is 459 g/mol. The van der Waals surface area contributed by atoms with Crippen molar-refractivity contribution < 1.29 is 4.79 Å². The molecule has 0 aliphatic carbocycles. The second-order valence-electron chi connectivity index (χ2n) is 7.78. The lowest BCUT2D eigenvalue weighted by molar-refractivity contribution is 0.0705. The van der Waals surface area contributed by atoms with E-state index in [1.54, 1.807) is 37.1 Å². The first-order chi connectivity index (χ1) is 15.8. The van der Waals surface area contributed by atoms with Gasteiger partial charge in [0, 0.05) is 61.8 Å². The molecule has 5 rings (SSSR count). The molecule has 33 heavy (non-hydrogen) atoms. The molecule has 7 nitrogen and oxygen atoms in total. The van der Waals surface area contributed by atoms with Crippen molar-refractivity contribution in [2.45, 2.75) is 18.8 Å². The maximum absolute atomic E-state index is 13.1. The molecule has 0 radical (unpaired) electrons. The summed E-state index contributed by atoms with van der Waals surface area (Å²) >= 11 is 0. The molecule has 1 unspecified atom stereocenters. The van der Waals surface area contributed by atoms with Gasteiger partial charge in [-0.05, 0) is 54.8 Å². The van der Waals surface area contributed by atoms with Crippen molar-refractivity contribution in [3.8, 4) is 22.6 Å². The molecule has 1 fully saturated rings. The molecular weight excluding hydrogens is 436 g/mol. The molecule has 1 saturated heterocycles. The van der Waals surface area contributed by atoms with E-state index < -0.39 is 0 Å². The Morgan fingerprint density at radius 2 is 1.79 bits per heavy atom. The Balaban J connectivity index is 0.00000259. The molecule has 1 aliphatic heterocycles. The number of carbonyl (C=O) groups excluding carboxylic acids is 1. The first kappa shape index (κ1) is 22.5. The topological polar surface area (TPSA) is 84.8 Å². The normalized spacial score (nSPS) is 15.5. The Morgan fingerprint density at radius 3 is 2.55 bits per heavy atom. The summed E-state index contributed by atoms with van der Waals surface area (Å²) in [6.07, 6.45) is 12.3. The third-order valence-electron chi connectivity index (χ3n) is 5.71. The molecule has 0 saturated carbocycles. The minimum absolute atomic E-state index is 0. The van der Waals surface area contributed by atoms with Crippen LogP contribution in [0.25, 0.3) is 22.6 Å². The minimum Gasteiger partial charge on any atom is -0.338 e. The number of carbonyl (C=O) groups is 1. The zero-order valence-corrected chi connectivity index (χ0v) is 18.7. The molecule has 1 aliphatic rings. The number of halogens is 1. The molecule has 0 aromatic carbocycles. The number of pyridine rings is 3. The molecule has 5 heterocycles. The van der Waals surface area contributed by atoms with Crippen LogP contribution in [0.3, 0.4) is 0 Å². The zero-order valence-electron chi connectivity index (χ0n) is 17.9. The van der Waals surface area contributed by atoms with Crippen molar-refractivity contribution in [3.05, 3.63) is 90.9 Å². The van der Waals surface area contributed by atoms with Crippen LogP contribution in [0.15, 0.2) is 79.6 Å². The van der Waals surface area contributed by atoms with Crippen molar-refractivity contribution >= 4 is 18.3 Å². The lowest BCUT2D eigenvalue weighted by atomic mass is 9.89. The van der Waals surface area contributed by atoms with Crippen LogP contribution in [0.2, 0.25) is 0 Å². The van der Waals surface area contributed by atoms with E-state index in [9.17, 15) is 4.79 Å². The number of hydrogen-bond donors (Lipinski definition) is 0. The van der Waals surface area contributed by atoms with Gasteiger partial charge in [-0.1, -0.05) is 6.07 Å². The van der Waals surface area contributed by atoms with Gasteiger partial charge in [0.1, 0.15) is 5.69 Å². The van der Waals surface area contributed by atoms with E-state index in [-0.39, 0.29) is 24.2 Å². The smallest absolute Gasteiger partial charge is 0.255 e. The summed E-state index contributed by atoms with van der Waals surface area (Å²) in [5, 5.41) is 0. The monoisotopic (exact) mass is 458 g/mol. The summed E-state index contributed by atoms with van der Waals surface area (Å²) in [4.78, 5) is 37.2. The minimum atomic E-state index is 0. The predicted octanol–water partition coefficient (Wildman–Crippen LogP) is 4.44. The predicted molar refractivity (Wildman–Crippen MR) is 128 cm³/mol. The van der Waals surface area contributed by atoms with Gasteiger partial charge in [0.2, 0.25) is 0 Å². The molecule has 0 N–H and O–H groups in total. The van der Waals surface area contributed by atoms with Crippen LogP contribution >= 0.6 is 12.4 Å². The second-order valence-corrected chi connectivity index (χ2v) is 7.78. The molecule has 8 heteroatoms. The van der Waals surface area contributed by atoms with E-state index in [4.69, 9.17) is 4.98 Å². The van der Waals surface area contributed by atoms with Crippen LogP contribution in [0.4, 0.5) is 0 Å². The standard InChI is InChI=1S/C25H22N6O.ClH/c32-25(19-5-3-10-27-15-19)31-14-4-6-20(17-31)23-21(18-8-12-26-13-9-18)16-29-24(30-23)22-7-1-2-11-28-22;/h1-3,5,7-13,15-16,20H,4,6,14,17H2;1H. The van der Waals surface area contributed by atoms with Crippen LogP contribution < -0.4 is 0 Å². The van der Waals surface area contributed by atoms with Gasteiger partial charge < -0.3 is 4.90 Å². The van der Waals surface area contributed by atoms with Gasteiger partial charge in [0.25, 0.3) is 5.91 Å². The molecule has 166 valence electrons. The highest BCUT2D eigenvalue weighted by Gasteiger charge is 2.29. The quantitative estimate of drug-likeness (QED) is 0.449. The number of likely N-dealkylation sites (tertiary alicyclic amines) is 1. The molecule has 1 atom stereocenters. The first-order valence-electron chi connectivity index (χ1n) is 10.7. The van der Waals surface area contributed by atoms with E-state index in [1.807, 2.05) is 47.5 Å². The first-order valence-corrected chi connectivity index (χ1v) is 10.7. The summed E-state index contributed by atoms with van der Waals surface area (Å²) < 4.78 is 0. The Hall–Kier alpha value is -3.71. The summed E-state index contributed by atoms with van der Waals surface area (Å²) in [6, 6.07) is 13.2. The van der Waals surface area contributed by atoms with Crippen LogP contribution in [0.5, 0.6) is 0 Å². The highest BCUT2D eigenvalue weighted by atomic mass is 35.5. The largest absolute Gasteiger partial charge is 0.338 e. The Labute approximate surface area is 198 Å². The van der Waals surface area contributed by atoms with Crippen LogP contribution in [-0.4, -0.2) is 48.8 Å². The van der Waals surface area contributed by atoms with Crippen molar-refractivity contribution in [1.29, 1.82) is 0 Å². The number of piperidine rings is 1. The van der Waals surface area contributed by atoms with Crippen molar-refractivity contribution in [2.75, 3.05) is 13.1 Å². The third-order valence-corrected chi connectivity index (χ3v) is 5.71. The number of hydrogen-bond acceptors (Lipinski definition) is 6. The Kier molecular flexibility index (Phi) is 7.00. The molecule has 0 spiro atoms. The molecule has 1 amide bonds. The fraction of sp³-hybridized carbons (Fsp3) is 0.200. The van der Waals surface area contributed by atoms with E-state index in [1.165, 1.54) is 0 Å². The fourth-order valence-electron chi connectivity index (χ4n) is 4.14. The third kappa shape index (κ3) is 4.88. The highest BCUT2D eigenvalue weighted by molar-refractivity contribution is 5.94. The van der Waals surface area contributed by atoms with Crippen LogP contribution in [-0.2, 0) is 0 Å². The summed E-state index contributed by atoms with van der Waals surface area (Å²) in [5.74, 6) is 0.694. The highest BCUT2D eigenvalue weighted by Crippen LogP contribution is 2.34. The van der Waals surface area contributed by atoms with Crippen LogP contribution in [0, 0.1) is 0 Å². The average Bonchev–Trinajstić information content (AvgIpc) is 2.89. The van der Waals surface area contributed by atoms with Gasteiger partial charge in [-0.15, -0.1) is 12.4 Å². The van der Waals surface area contributed by atoms with Gasteiger partial charge in [-0.25, -0.2) is 9.97 Å². The van der Waals surface area contributed by atoms with E-state index in [0.29, 0.717) is 17.9 Å². The Bertz CT molecular complexity index is 1210. The molecule has 4 aromatic rings. The van der Waals surface area contributed by atoms with Gasteiger partial charge >= 0.3 is 0 Å². The second kappa shape index (κ2) is 10.3. The molecular formula is C25H23ClN6O. The number of amides is 1. The van der Waals surface area contributed by atoms with Crippen LogP contribution in [0.1, 0.15) is 34.8 Å². The zero-order chi connectivity index (χ0) is 21.8. The SMILES string of the molecule is Cl.O=C(c1cccnc1)N1CCCC(c2nc(-c3ccccn3)ncc2-c2ccncc2)C1. The number of rotatable bonds is 4. The van der Waals surface area contributed by atoms with Gasteiger partial charge in [0.15, 0.2) is 5.82 Å². The number of nitrogens with zero attached hydrogens (tertiary/aromatic N) is 6. The fourth-order valence-corrected chi connectivity index (χ4v) is 4.14. The maximum atomic E-state index is 13.1. The Morgan fingerprint density at radius 1 is 0.909 bits per heavy atom. The lowest BCUT2D eigenvalue weighted by Crippen LogP contribution is -2.39. The van der Waals surface area contributed by atoms with E-state index in [0.717, 1.165) is 41.9 Å². The summed E-state index contributed by atoms with van der Waals surface area (Å²) in [6.45, 7) is 1.33. The molecule has 0 bridgehead atoms. The van der Waals surface area contributed by atoms with Crippen molar-refractivity contribution in [2.24, 2.45) is 0 Å². The summed E-state index contributed by atoms with van der Waals surface area (Å²) in [5.41, 5.74) is 4.26. The van der Waals surface area contributed by atoms with Crippen molar-refractivity contribution in [3.63, 3.8) is 0 Å². The molecule has 4 aromatic heterocycles. The van der Waals surface area contributed by atoms with Crippen molar-refractivity contribution in [1.82, 2.24) is 29.8 Å². The van der Waals surface area contributed by atoms with E-state index >= 15 is 0 Å². The summed E-state index contributed by atoms with van der Waals surface area (Å²) in [7, 11) is 0. The lowest BCUT2D eigenvalue weighted by Gasteiger charge is -2.33. The van der Waals surface area contributed by atoms with Gasteiger partial charge in [0.05, 0.1) is 11.3 Å². The van der Waals surface area contributed by atoms with E-state index in [2.05, 4.69) is 19.9 Å². The van der Waals surface area contributed by atoms with Gasteiger partial charge in [-0.3, -0.25) is 19.7 Å². The maximum Gasteiger partial charge on any atom is 0.255 e.